The molecule has 2 unspecified atom stereocenters. The summed E-state index contributed by atoms with van der Waals surface area (Å²) in [7, 11) is 1.66. The topological polar surface area (TPSA) is 43.2 Å². The highest BCUT2D eigenvalue weighted by Crippen LogP contribution is 2.42. The maximum Gasteiger partial charge on any atom is 0.129 e. The maximum absolute atomic E-state index is 14.2. The summed E-state index contributed by atoms with van der Waals surface area (Å²) in [6.07, 6.45) is 6.30. The van der Waals surface area contributed by atoms with Crippen LogP contribution in [0.4, 0.5) is 4.39 Å². The van der Waals surface area contributed by atoms with E-state index in [2.05, 4.69) is 15.2 Å². The van der Waals surface area contributed by atoms with Gasteiger partial charge in [0.25, 0.3) is 0 Å². The molecule has 2 aliphatic rings. The predicted molar refractivity (Wildman–Crippen MR) is 92.8 cm³/mol. The van der Waals surface area contributed by atoms with Crippen molar-refractivity contribution in [3.05, 3.63) is 46.5 Å². The first-order chi connectivity index (χ1) is 12.2. The van der Waals surface area contributed by atoms with E-state index in [0.29, 0.717) is 41.9 Å². The SMILES string of the molecule is COCc1cn(C2CC3CCC(C2)N3Cc2c(F)cccc2Cl)nn1. The van der Waals surface area contributed by atoms with Crippen LogP contribution in [0.2, 0.25) is 5.02 Å². The summed E-state index contributed by atoms with van der Waals surface area (Å²) in [6, 6.07) is 6.14. The third-order valence-corrected chi connectivity index (χ3v) is 5.84. The molecular weight excluding hydrogens is 343 g/mol. The van der Waals surface area contributed by atoms with Gasteiger partial charge in [-0.15, -0.1) is 5.10 Å². The third-order valence-electron chi connectivity index (χ3n) is 5.49. The van der Waals surface area contributed by atoms with E-state index < -0.39 is 0 Å². The van der Waals surface area contributed by atoms with Crippen LogP contribution in [0, 0.1) is 5.82 Å². The number of ether oxygens (including phenoxy) is 1. The molecule has 0 N–H and O–H groups in total. The highest BCUT2D eigenvalue weighted by molar-refractivity contribution is 6.31. The van der Waals surface area contributed by atoms with Gasteiger partial charge in [-0.05, 0) is 37.8 Å². The Labute approximate surface area is 151 Å². The van der Waals surface area contributed by atoms with Crippen molar-refractivity contribution < 1.29 is 9.13 Å². The Morgan fingerprint density at radius 3 is 2.68 bits per heavy atom. The van der Waals surface area contributed by atoms with Crippen LogP contribution in [0.15, 0.2) is 24.4 Å². The van der Waals surface area contributed by atoms with Gasteiger partial charge in [0.05, 0.1) is 18.8 Å². The molecule has 2 fully saturated rings. The van der Waals surface area contributed by atoms with Crippen LogP contribution >= 0.6 is 11.6 Å². The lowest BCUT2D eigenvalue weighted by atomic mass is 9.96. The summed E-state index contributed by atoms with van der Waals surface area (Å²) in [5.74, 6) is -0.213. The molecule has 2 bridgehead atoms. The first-order valence-electron chi connectivity index (χ1n) is 8.74. The predicted octanol–water partition coefficient (Wildman–Crippen LogP) is 3.59. The second-order valence-corrected chi connectivity index (χ2v) is 7.41. The molecular formula is C18H22ClFN4O. The summed E-state index contributed by atoms with van der Waals surface area (Å²) >= 11 is 6.22. The third kappa shape index (κ3) is 3.30. The van der Waals surface area contributed by atoms with Gasteiger partial charge in [-0.25, -0.2) is 9.07 Å². The van der Waals surface area contributed by atoms with E-state index in [1.807, 2.05) is 10.9 Å². The van der Waals surface area contributed by atoms with Gasteiger partial charge in [0.15, 0.2) is 0 Å². The molecule has 1 aromatic heterocycles. The molecule has 2 aliphatic heterocycles. The summed E-state index contributed by atoms with van der Waals surface area (Å²) in [4.78, 5) is 2.42. The van der Waals surface area contributed by atoms with Gasteiger partial charge in [0.2, 0.25) is 0 Å². The standard InChI is InChI=1S/C18H22ClFN4O/c1-25-11-12-9-24(22-21-12)15-7-13-5-6-14(8-15)23(13)10-16-17(19)3-2-4-18(16)20/h2-4,9,13-15H,5-8,10-11H2,1H3. The first kappa shape index (κ1) is 16.9. The lowest BCUT2D eigenvalue weighted by molar-refractivity contribution is 0.0933. The fraction of sp³-hybridized carbons (Fsp3) is 0.556. The van der Waals surface area contributed by atoms with E-state index >= 15 is 0 Å². The van der Waals surface area contributed by atoms with Crippen molar-refractivity contribution in [1.29, 1.82) is 0 Å². The van der Waals surface area contributed by atoms with Crippen molar-refractivity contribution in [3.8, 4) is 0 Å². The number of piperidine rings is 1. The molecule has 1 aromatic carbocycles. The molecule has 25 heavy (non-hydrogen) atoms. The van der Waals surface area contributed by atoms with Crippen LogP contribution in [0.25, 0.3) is 0 Å². The molecule has 2 saturated heterocycles. The molecule has 7 heteroatoms. The molecule has 4 rings (SSSR count). The van der Waals surface area contributed by atoms with Crippen molar-refractivity contribution in [2.75, 3.05) is 7.11 Å². The zero-order valence-corrected chi connectivity index (χ0v) is 15.0. The summed E-state index contributed by atoms with van der Waals surface area (Å²) in [6.45, 7) is 1.07. The molecule has 0 amide bonds. The van der Waals surface area contributed by atoms with Crippen LogP contribution in [-0.2, 0) is 17.9 Å². The quantitative estimate of drug-likeness (QED) is 0.813. The Balaban J connectivity index is 1.48. The number of methoxy groups -OCH3 is 1. The van der Waals surface area contributed by atoms with Crippen molar-refractivity contribution >= 4 is 11.6 Å². The van der Waals surface area contributed by atoms with E-state index in [1.165, 1.54) is 6.07 Å². The Bertz CT molecular complexity index is 718. The van der Waals surface area contributed by atoms with Crippen molar-refractivity contribution in [2.24, 2.45) is 0 Å². The van der Waals surface area contributed by atoms with Gasteiger partial charge in [-0.3, -0.25) is 4.90 Å². The monoisotopic (exact) mass is 364 g/mol. The second-order valence-electron chi connectivity index (χ2n) is 7.01. The molecule has 0 radical (unpaired) electrons. The van der Waals surface area contributed by atoms with E-state index in [4.69, 9.17) is 16.3 Å². The Hall–Kier alpha value is -1.50. The zero-order chi connectivity index (χ0) is 17.4. The van der Waals surface area contributed by atoms with E-state index in [-0.39, 0.29) is 5.82 Å². The molecule has 2 atom stereocenters. The van der Waals surface area contributed by atoms with E-state index in [9.17, 15) is 4.39 Å². The molecule has 2 aromatic rings. The number of halogens is 2. The van der Waals surface area contributed by atoms with Gasteiger partial charge < -0.3 is 4.74 Å². The normalized spacial score (nSPS) is 26.3. The lowest BCUT2D eigenvalue weighted by Gasteiger charge is -2.39. The lowest BCUT2D eigenvalue weighted by Crippen LogP contribution is -2.43. The minimum absolute atomic E-state index is 0.213. The molecule has 0 spiro atoms. The average Bonchev–Trinajstić information content (AvgIpc) is 3.13. The minimum Gasteiger partial charge on any atom is -0.378 e. The summed E-state index contributed by atoms with van der Waals surface area (Å²) in [5.41, 5.74) is 1.47. The van der Waals surface area contributed by atoms with Crippen LogP contribution in [0.3, 0.4) is 0 Å². The number of hydrogen-bond acceptors (Lipinski definition) is 4. The van der Waals surface area contributed by atoms with Gasteiger partial charge in [0.1, 0.15) is 11.5 Å². The van der Waals surface area contributed by atoms with Gasteiger partial charge in [-0.2, -0.15) is 0 Å². The number of benzene rings is 1. The van der Waals surface area contributed by atoms with E-state index in [1.54, 1.807) is 19.2 Å². The second kappa shape index (κ2) is 7.02. The maximum atomic E-state index is 14.2. The van der Waals surface area contributed by atoms with Gasteiger partial charge >= 0.3 is 0 Å². The molecule has 134 valence electrons. The fourth-order valence-corrected chi connectivity index (χ4v) is 4.51. The minimum atomic E-state index is -0.213. The van der Waals surface area contributed by atoms with Gasteiger partial charge in [-0.1, -0.05) is 22.9 Å². The highest BCUT2D eigenvalue weighted by Gasteiger charge is 2.41. The summed E-state index contributed by atoms with van der Waals surface area (Å²) in [5, 5.41) is 8.96. The first-order valence-corrected chi connectivity index (χ1v) is 9.11. The number of hydrogen-bond donors (Lipinski definition) is 0. The van der Waals surface area contributed by atoms with Crippen molar-refractivity contribution in [1.82, 2.24) is 19.9 Å². The van der Waals surface area contributed by atoms with Crippen LogP contribution in [0.5, 0.6) is 0 Å². The smallest absolute Gasteiger partial charge is 0.129 e. The molecule has 0 saturated carbocycles. The molecule has 3 heterocycles. The van der Waals surface area contributed by atoms with Crippen LogP contribution in [-0.4, -0.2) is 39.1 Å². The average molecular weight is 365 g/mol. The van der Waals surface area contributed by atoms with E-state index in [0.717, 1.165) is 31.4 Å². The molecule has 0 aliphatic carbocycles. The van der Waals surface area contributed by atoms with Crippen LogP contribution in [0.1, 0.15) is 43.0 Å². The van der Waals surface area contributed by atoms with Gasteiger partial charge in [0, 0.05) is 36.3 Å². The Morgan fingerprint density at radius 2 is 2.00 bits per heavy atom. The highest BCUT2D eigenvalue weighted by atomic mass is 35.5. The number of rotatable bonds is 5. The summed E-state index contributed by atoms with van der Waals surface area (Å²) < 4.78 is 21.2. The number of fused-ring (bicyclic) bond motifs is 2. The Morgan fingerprint density at radius 1 is 1.24 bits per heavy atom. The van der Waals surface area contributed by atoms with Crippen molar-refractivity contribution in [2.45, 2.75) is 57.0 Å². The van der Waals surface area contributed by atoms with Crippen molar-refractivity contribution in [3.63, 3.8) is 0 Å². The molecule has 5 nitrogen and oxygen atoms in total. The number of nitrogens with zero attached hydrogens (tertiary/aromatic N) is 4. The number of aromatic nitrogens is 3. The fourth-order valence-electron chi connectivity index (χ4n) is 4.29. The van der Waals surface area contributed by atoms with Crippen LogP contribution < -0.4 is 0 Å². The Kier molecular flexibility index (Phi) is 4.75. The largest absolute Gasteiger partial charge is 0.378 e. The zero-order valence-electron chi connectivity index (χ0n) is 14.2.